The van der Waals surface area contributed by atoms with E-state index in [9.17, 15) is 14.3 Å². The summed E-state index contributed by atoms with van der Waals surface area (Å²) in [6, 6.07) is 12.5. The third-order valence-corrected chi connectivity index (χ3v) is 3.37. The molecule has 1 amide bonds. The molecule has 2 rings (SSSR count). The molecular weight excluding hydrogens is 285 g/mol. The van der Waals surface area contributed by atoms with Gasteiger partial charge in [0.15, 0.2) is 0 Å². The van der Waals surface area contributed by atoms with Gasteiger partial charge in [-0.3, -0.25) is 4.79 Å². The zero-order chi connectivity index (χ0) is 16.1. The Bertz CT molecular complexity index is 643. The highest BCUT2D eigenvalue weighted by atomic mass is 19.1. The number of benzene rings is 2. The predicted molar refractivity (Wildman–Crippen MR) is 81.3 cm³/mol. The van der Waals surface area contributed by atoms with Crippen molar-refractivity contribution in [2.75, 3.05) is 20.7 Å². The molecule has 116 valence electrons. The van der Waals surface area contributed by atoms with Crippen LogP contribution in [0.5, 0.6) is 5.75 Å². The molecular formula is C17H18FNO3. The molecule has 0 aliphatic heterocycles. The number of halogens is 1. The third-order valence-electron chi connectivity index (χ3n) is 3.37. The van der Waals surface area contributed by atoms with Crippen molar-refractivity contribution in [3.63, 3.8) is 0 Å². The van der Waals surface area contributed by atoms with Crippen molar-refractivity contribution in [1.82, 2.24) is 4.90 Å². The summed E-state index contributed by atoms with van der Waals surface area (Å²) in [6.07, 6.45) is -0.826. The number of methoxy groups -OCH3 is 1. The van der Waals surface area contributed by atoms with Crippen LogP contribution < -0.4 is 4.74 Å². The van der Waals surface area contributed by atoms with Gasteiger partial charge >= 0.3 is 0 Å². The second-order valence-corrected chi connectivity index (χ2v) is 4.98. The quantitative estimate of drug-likeness (QED) is 0.924. The lowest BCUT2D eigenvalue weighted by atomic mass is 10.1. The zero-order valence-electron chi connectivity index (χ0n) is 12.5. The summed E-state index contributed by atoms with van der Waals surface area (Å²) in [5, 5.41) is 10.2. The highest BCUT2D eigenvalue weighted by Crippen LogP contribution is 2.19. The molecule has 1 N–H and O–H groups in total. The van der Waals surface area contributed by atoms with Crippen molar-refractivity contribution in [2.24, 2.45) is 0 Å². The van der Waals surface area contributed by atoms with Crippen LogP contribution in [0.3, 0.4) is 0 Å². The van der Waals surface area contributed by atoms with Crippen LogP contribution in [0.2, 0.25) is 0 Å². The molecule has 1 atom stereocenters. The SMILES string of the molecule is COc1ccc(C(O)CN(C)C(=O)c2cccc(F)c2)cc1. The monoisotopic (exact) mass is 303 g/mol. The standard InChI is InChI=1S/C17H18FNO3/c1-19(17(21)13-4-3-5-14(18)10-13)11-16(20)12-6-8-15(22-2)9-7-12/h3-10,16,20H,11H2,1-2H3. The molecule has 22 heavy (non-hydrogen) atoms. The number of hydrogen-bond acceptors (Lipinski definition) is 3. The number of aliphatic hydroxyl groups excluding tert-OH is 1. The molecule has 0 saturated carbocycles. The van der Waals surface area contributed by atoms with E-state index in [0.29, 0.717) is 11.3 Å². The van der Waals surface area contributed by atoms with Gasteiger partial charge in [0.2, 0.25) is 0 Å². The minimum absolute atomic E-state index is 0.113. The number of nitrogens with zero attached hydrogens (tertiary/aromatic N) is 1. The van der Waals surface area contributed by atoms with E-state index in [1.54, 1.807) is 44.5 Å². The summed E-state index contributed by atoms with van der Waals surface area (Å²) in [6.45, 7) is 0.113. The topological polar surface area (TPSA) is 49.8 Å². The highest BCUT2D eigenvalue weighted by molar-refractivity contribution is 5.94. The fraction of sp³-hybridized carbons (Fsp3) is 0.235. The minimum Gasteiger partial charge on any atom is -0.497 e. The largest absolute Gasteiger partial charge is 0.497 e. The van der Waals surface area contributed by atoms with Crippen molar-refractivity contribution < 1.29 is 19.0 Å². The van der Waals surface area contributed by atoms with Crippen LogP contribution in [0, 0.1) is 5.82 Å². The van der Waals surface area contributed by atoms with E-state index in [4.69, 9.17) is 4.74 Å². The van der Waals surface area contributed by atoms with Gasteiger partial charge in [-0.2, -0.15) is 0 Å². The van der Waals surface area contributed by atoms with E-state index in [1.807, 2.05) is 0 Å². The van der Waals surface area contributed by atoms with E-state index >= 15 is 0 Å². The smallest absolute Gasteiger partial charge is 0.253 e. The third kappa shape index (κ3) is 3.83. The second-order valence-electron chi connectivity index (χ2n) is 4.98. The van der Waals surface area contributed by atoms with Crippen LogP contribution in [-0.2, 0) is 0 Å². The fourth-order valence-electron chi connectivity index (χ4n) is 2.12. The predicted octanol–water partition coefficient (Wildman–Crippen LogP) is 2.64. The number of carbonyl (C=O) groups is 1. The van der Waals surface area contributed by atoms with Gasteiger partial charge in [0.25, 0.3) is 5.91 Å². The van der Waals surface area contributed by atoms with Gasteiger partial charge in [0, 0.05) is 12.6 Å². The Balaban J connectivity index is 2.03. The Morgan fingerprint density at radius 1 is 1.27 bits per heavy atom. The van der Waals surface area contributed by atoms with Crippen LogP contribution in [0.15, 0.2) is 48.5 Å². The first-order valence-corrected chi connectivity index (χ1v) is 6.84. The van der Waals surface area contributed by atoms with Gasteiger partial charge in [-0.15, -0.1) is 0 Å². The zero-order valence-corrected chi connectivity index (χ0v) is 12.5. The molecule has 0 spiro atoms. The molecule has 0 fully saturated rings. The summed E-state index contributed by atoms with van der Waals surface area (Å²) in [7, 11) is 3.14. The van der Waals surface area contributed by atoms with Gasteiger partial charge in [-0.1, -0.05) is 18.2 Å². The lowest BCUT2D eigenvalue weighted by molar-refractivity contribution is 0.0680. The van der Waals surface area contributed by atoms with Crippen molar-refractivity contribution in [2.45, 2.75) is 6.10 Å². The highest BCUT2D eigenvalue weighted by Gasteiger charge is 2.17. The summed E-state index contributed by atoms with van der Waals surface area (Å²) < 4.78 is 18.2. The summed E-state index contributed by atoms with van der Waals surface area (Å²) >= 11 is 0. The van der Waals surface area contributed by atoms with Crippen molar-refractivity contribution in [3.05, 3.63) is 65.5 Å². The Hall–Kier alpha value is -2.40. The number of amides is 1. The Morgan fingerprint density at radius 2 is 1.95 bits per heavy atom. The maximum Gasteiger partial charge on any atom is 0.253 e. The number of carbonyl (C=O) groups excluding carboxylic acids is 1. The average molecular weight is 303 g/mol. The first-order valence-electron chi connectivity index (χ1n) is 6.84. The summed E-state index contributed by atoms with van der Waals surface area (Å²) in [4.78, 5) is 13.6. The molecule has 0 aliphatic carbocycles. The number of ether oxygens (including phenoxy) is 1. The minimum atomic E-state index is -0.826. The summed E-state index contributed by atoms with van der Waals surface area (Å²) in [5.41, 5.74) is 0.934. The number of likely N-dealkylation sites (N-methyl/N-ethyl adjacent to an activating group) is 1. The van der Waals surface area contributed by atoms with Gasteiger partial charge in [-0.05, 0) is 35.9 Å². The maximum atomic E-state index is 13.2. The normalized spacial score (nSPS) is 11.8. The van der Waals surface area contributed by atoms with Crippen LogP contribution in [-0.4, -0.2) is 36.6 Å². The average Bonchev–Trinajstić information content (AvgIpc) is 2.54. The van der Waals surface area contributed by atoms with Crippen molar-refractivity contribution >= 4 is 5.91 Å². The molecule has 0 aromatic heterocycles. The molecule has 4 nitrogen and oxygen atoms in total. The van der Waals surface area contributed by atoms with Crippen LogP contribution in [0.25, 0.3) is 0 Å². The van der Waals surface area contributed by atoms with Gasteiger partial charge in [0.05, 0.1) is 19.8 Å². The number of hydrogen-bond donors (Lipinski definition) is 1. The van der Waals surface area contributed by atoms with Crippen LogP contribution in [0.1, 0.15) is 22.0 Å². The van der Waals surface area contributed by atoms with Gasteiger partial charge in [0.1, 0.15) is 11.6 Å². The lowest BCUT2D eigenvalue weighted by Crippen LogP contribution is -2.31. The van der Waals surface area contributed by atoms with E-state index < -0.39 is 11.9 Å². The Kier molecular flexibility index (Phi) is 5.12. The van der Waals surface area contributed by atoms with Crippen LogP contribution in [0.4, 0.5) is 4.39 Å². The second kappa shape index (κ2) is 7.04. The molecule has 0 radical (unpaired) electrons. The lowest BCUT2D eigenvalue weighted by Gasteiger charge is -2.21. The molecule has 0 aliphatic rings. The molecule has 0 heterocycles. The van der Waals surface area contributed by atoms with E-state index in [2.05, 4.69) is 0 Å². The maximum absolute atomic E-state index is 13.2. The summed E-state index contributed by atoms with van der Waals surface area (Å²) in [5.74, 6) is -0.109. The van der Waals surface area contributed by atoms with Crippen LogP contribution >= 0.6 is 0 Å². The first-order chi connectivity index (χ1) is 10.5. The number of rotatable bonds is 5. The van der Waals surface area contributed by atoms with Crippen molar-refractivity contribution in [3.8, 4) is 5.75 Å². The van der Waals surface area contributed by atoms with E-state index in [1.165, 1.54) is 23.1 Å². The van der Waals surface area contributed by atoms with E-state index in [-0.39, 0.29) is 18.0 Å². The molecule has 5 heteroatoms. The molecule has 0 bridgehead atoms. The Labute approximate surface area is 128 Å². The Morgan fingerprint density at radius 3 is 2.55 bits per heavy atom. The molecule has 1 unspecified atom stereocenters. The number of aliphatic hydroxyl groups is 1. The molecule has 2 aromatic carbocycles. The fourth-order valence-corrected chi connectivity index (χ4v) is 2.12. The first kappa shape index (κ1) is 16.0. The molecule has 0 saturated heterocycles. The van der Waals surface area contributed by atoms with Gasteiger partial charge < -0.3 is 14.7 Å². The van der Waals surface area contributed by atoms with Crippen molar-refractivity contribution in [1.29, 1.82) is 0 Å². The van der Waals surface area contributed by atoms with E-state index in [0.717, 1.165) is 0 Å². The molecule has 2 aromatic rings. The van der Waals surface area contributed by atoms with Gasteiger partial charge in [-0.25, -0.2) is 4.39 Å².